The van der Waals surface area contributed by atoms with E-state index in [0.29, 0.717) is 18.6 Å². The molecule has 0 spiro atoms. The van der Waals surface area contributed by atoms with E-state index in [1.807, 2.05) is 13.0 Å². The van der Waals surface area contributed by atoms with Crippen LogP contribution in [-0.4, -0.2) is 17.7 Å². The summed E-state index contributed by atoms with van der Waals surface area (Å²) in [5, 5.41) is 9.04. The number of carboxylic acid groups (broad SMARTS) is 1. The minimum Gasteiger partial charge on any atom is -0.479 e. The van der Waals surface area contributed by atoms with Crippen LogP contribution in [0.3, 0.4) is 0 Å². The highest BCUT2D eigenvalue weighted by atomic mass is 16.5. The van der Waals surface area contributed by atoms with Gasteiger partial charge in [0.1, 0.15) is 0 Å². The van der Waals surface area contributed by atoms with E-state index in [4.69, 9.17) is 9.84 Å². The van der Waals surface area contributed by atoms with Crippen molar-refractivity contribution in [3.05, 3.63) is 48.0 Å². The quantitative estimate of drug-likeness (QED) is 0.750. The van der Waals surface area contributed by atoms with E-state index in [1.165, 1.54) is 0 Å². The van der Waals surface area contributed by atoms with Gasteiger partial charge in [-0.25, -0.2) is 4.79 Å². The second kappa shape index (κ2) is 6.08. The van der Waals surface area contributed by atoms with Crippen molar-refractivity contribution in [1.82, 2.24) is 0 Å². The molecule has 1 aromatic rings. The largest absolute Gasteiger partial charge is 0.479 e. The topological polar surface area (TPSA) is 46.5 Å². The first-order valence-corrected chi connectivity index (χ1v) is 5.15. The predicted molar refractivity (Wildman–Crippen MR) is 62.2 cm³/mol. The lowest BCUT2D eigenvalue weighted by Gasteiger charge is -2.13. The van der Waals surface area contributed by atoms with Crippen LogP contribution in [0.4, 0.5) is 0 Å². The number of ether oxygens (including phenoxy) is 1. The van der Waals surface area contributed by atoms with Crippen molar-refractivity contribution in [1.29, 1.82) is 0 Å². The first-order valence-electron chi connectivity index (χ1n) is 5.15. The third kappa shape index (κ3) is 3.87. The van der Waals surface area contributed by atoms with Gasteiger partial charge in [0.2, 0.25) is 0 Å². The lowest BCUT2D eigenvalue weighted by atomic mass is 10.1. The minimum atomic E-state index is -0.965. The molecule has 0 heterocycles. The summed E-state index contributed by atoms with van der Waals surface area (Å²) in [7, 11) is 0. The van der Waals surface area contributed by atoms with Crippen LogP contribution in [0.5, 0.6) is 0 Å². The highest BCUT2D eigenvalue weighted by Crippen LogP contribution is 2.17. The van der Waals surface area contributed by atoms with Gasteiger partial charge in [0, 0.05) is 0 Å². The molecule has 0 radical (unpaired) electrons. The van der Waals surface area contributed by atoms with E-state index in [0.717, 1.165) is 5.57 Å². The standard InChI is InChI=1S/C13H16O3/c1-10(2)8-9-16-12(13(14)15)11-6-4-3-5-7-11/h3-7,12H,1,8-9H2,2H3,(H,14,15). The molecule has 0 aromatic heterocycles. The van der Waals surface area contributed by atoms with Gasteiger partial charge in [0.15, 0.2) is 6.10 Å². The average Bonchev–Trinajstić information content (AvgIpc) is 2.25. The Morgan fingerprint density at radius 3 is 2.56 bits per heavy atom. The zero-order chi connectivity index (χ0) is 12.0. The zero-order valence-corrected chi connectivity index (χ0v) is 9.35. The molecular formula is C13H16O3. The van der Waals surface area contributed by atoms with Crippen LogP contribution in [0.15, 0.2) is 42.5 Å². The zero-order valence-electron chi connectivity index (χ0n) is 9.35. The van der Waals surface area contributed by atoms with E-state index in [1.54, 1.807) is 24.3 Å². The van der Waals surface area contributed by atoms with Crippen LogP contribution in [0.1, 0.15) is 25.0 Å². The van der Waals surface area contributed by atoms with Crippen molar-refractivity contribution in [3.8, 4) is 0 Å². The second-order valence-electron chi connectivity index (χ2n) is 3.71. The molecule has 0 fully saturated rings. The van der Waals surface area contributed by atoms with E-state index in [9.17, 15) is 4.79 Å². The molecule has 1 atom stereocenters. The third-order valence-electron chi connectivity index (χ3n) is 2.14. The van der Waals surface area contributed by atoms with Crippen molar-refractivity contribution >= 4 is 5.97 Å². The van der Waals surface area contributed by atoms with Crippen molar-refractivity contribution in [3.63, 3.8) is 0 Å². The maximum Gasteiger partial charge on any atom is 0.337 e. The number of carbonyl (C=O) groups is 1. The van der Waals surface area contributed by atoms with Crippen LogP contribution in [0, 0.1) is 0 Å². The fourth-order valence-corrected chi connectivity index (χ4v) is 1.29. The summed E-state index contributed by atoms with van der Waals surface area (Å²) >= 11 is 0. The molecule has 0 aliphatic heterocycles. The molecule has 0 aliphatic rings. The third-order valence-corrected chi connectivity index (χ3v) is 2.14. The van der Waals surface area contributed by atoms with Crippen LogP contribution in [0.2, 0.25) is 0 Å². The number of aliphatic carboxylic acids is 1. The molecule has 1 unspecified atom stereocenters. The Hall–Kier alpha value is -1.61. The van der Waals surface area contributed by atoms with E-state index >= 15 is 0 Å². The summed E-state index contributed by atoms with van der Waals surface area (Å²) in [5.41, 5.74) is 1.65. The molecule has 0 amide bonds. The Morgan fingerprint density at radius 2 is 2.06 bits per heavy atom. The van der Waals surface area contributed by atoms with Crippen LogP contribution >= 0.6 is 0 Å². The number of rotatable bonds is 6. The van der Waals surface area contributed by atoms with Gasteiger partial charge in [-0.3, -0.25) is 0 Å². The Kier molecular flexibility index (Phi) is 4.73. The highest BCUT2D eigenvalue weighted by Gasteiger charge is 2.19. The van der Waals surface area contributed by atoms with Crippen molar-refractivity contribution in [2.45, 2.75) is 19.4 Å². The molecule has 0 saturated carbocycles. The number of hydrogen-bond donors (Lipinski definition) is 1. The number of benzene rings is 1. The van der Waals surface area contributed by atoms with E-state index in [-0.39, 0.29) is 0 Å². The highest BCUT2D eigenvalue weighted by molar-refractivity contribution is 5.74. The Balaban J connectivity index is 2.62. The van der Waals surface area contributed by atoms with Crippen LogP contribution in [-0.2, 0) is 9.53 Å². The van der Waals surface area contributed by atoms with E-state index in [2.05, 4.69) is 6.58 Å². The predicted octanol–water partition coefficient (Wildman–Crippen LogP) is 2.80. The summed E-state index contributed by atoms with van der Waals surface area (Å²) in [6, 6.07) is 8.94. The van der Waals surface area contributed by atoms with Crippen LogP contribution in [0.25, 0.3) is 0 Å². The molecule has 0 aliphatic carbocycles. The molecule has 0 saturated heterocycles. The van der Waals surface area contributed by atoms with Gasteiger partial charge in [0.05, 0.1) is 6.61 Å². The van der Waals surface area contributed by atoms with Gasteiger partial charge < -0.3 is 9.84 Å². The van der Waals surface area contributed by atoms with Gasteiger partial charge in [-0.05, 0) is 18.9 Å². The Labute approximate surface area is 95.4 Å². The van der Waals surface area contributed by atoms with Gasteiger partial charge >= 0.3 is 5.97 Å². The Morgan fingerprint density at radius 1 is 1.44 bits per heavy atom. The minimum absolute atomic E-state index is 0.376. The summed E-state index contributed by atoms with van der Waals surface area (Å²) in [6.07, 6.45) is -0.211. The first-order chi connectivity index (χ1) is 7.61. The monoisotopic (exact) mass is 220 g/mol. The van der Waals surface area contributed by atoms with Crippen molar-refractivity contribution in [2.75, 3.05) is 6.61 Å². The number of carboxylic acids is 1. The summed E-state index contributed by atoms with van der Waals surface area (Å²) in [4.78, 5) is 11.0. The SMILES string of the molecule is C=C(C)CCOC(C(=O)O)c1ccccc1. The van der Waals surface area contributed by atoms with Gasteiger partial charge in [0.25, 0.3) is 0 Å². The normalized spacial score (nSPS) is 12.1. The lowest BCUT2D eigenvalue weighted by molar-refractivity contribution is -0.150. The molecule has 1 rings (SSSR count). The molecule has 86 valence electrons. The van der Waals surface area contributed by atoms with Gasteiger partial charge in [-0.2, -0.15) is 0 Å². The Bertz CT molecular complexity index is 357. The molecule has 1 aromatic carbocycles. The fourth-order valence-electron chi connectivity index (χ4n) is 1.29. The van der Waals surface area contributed by atoms with Gasteiger partial charge in [-0.1, -0.05) is 35.9 Å². The average molecular weight is 220 g/mol. The second-order valence-corrected chi connectivity index (χ2v) is 3.71. The first kappa shape index (κ1) is 12.5. The maximum atomic E-state index is 11.0. The number of hydrogen-bond acceptors (Lipinski definition) is 2. The molecule has 16 heavy (non-hydrogen) atoms. The lowest BCUT2D eigenvalue weighted by Crippen LogP contribution is -2.16. The van der Waals surface area contributed by atoms with Crippen molar-refractivity contribution < 1.29 is 14.6 Å². The molecule has 3 heteroatoms. The fraction of sp³-hybridized carbons (Fsp3) is 0.308. The van der Waals surface area contributed by atoms with E-state index < -0.39 is 12.1 Å². The maximum absolute atomic E-state index is 11.0. The summed E-state index contributed by atoms with van der Waals surface area (Å²) < 4.78 is 5.34. The van der Waals surface area contributed by atoms with Crippen LogP contribution < -0.4 is 0 Å². The molecule has 0 bridgehead atoms. The summed E-state index contributed by atoms with van der Waals surface area (Å²) in [6.45, 7) is 6.01. The van der Waals surface area contributed by atoms with Gasteiger partial charge in [-0.15, -0.1) is 6.58 Å². The smallest absolute Gasteiger partial charge is 0.337 e. The molecule has 3 nitrogen and oxygen atoms in total. The molecular weight excluding hydrogens is 204 g/mol. The summed E-state index contributed by atoms with van der Waals surface area (Å²) in [5.74, 6) is -0.965. The molecule has 1 N–H and O–H groups in total. The van der Waals surface area contributed by atoms with Crippen molar-refractivity contribution in [2.24, 2.45) is 0 Å².